The monoisotopic (exact) mass is 310 g/mol. The lowest BCUT2D eigenvalue weighted by Gasteiger charge is -2.13. The fourth-order valence-corrected chi connectivity index (χ4v) is 2.46. The van der Waals surface area contributed by atoms with Gasteiger partial charge in [0.25, 0.3) is 0 Å². The number of hydrogen-bond acceptors (Lipinski definition) is 2. The topological polar surface area (TPSA) is 58.2 Å². The molecule has 2 rings (SSSR count). The maximum absolute atomic E-state index is 12.0. The lowest BCUT2D eigenvalue weighted by atomic mass is 10.0. The Morgan fingerprint density at radius 3 is 2.17 bits per heavy atom. The SMILES string of the molecule is Cc1cc(C)cc(NC(=O)C(=O)NC[C@@H](C)c2ccccc2)c1. The van der Waals surface area contributed by atoms with Crippen LogP contribution in [0.3, 0.4) is 0 Å². The average Bonchev–Trinajstić information content (AvgIpc) is 2.52. The first-order valence-corrected chi connectivity index (χ1v) is 7.68. The Labute approximate surface area is 136 Å². The van der Waals surface area contributed by atoms with Crippen molar-refractivity contribution in [3.8, 4) is 0 Å². The van der Waals surface area contributed by atoms with E-state index in [0.717, 1.165) is 16.7 Å². The van der Waals surface area contributed by atoms with Crippen molar-refractivity contribution in [3.05, 3.63) is 65.2 Å². The van der Waals surface area contributed by atoms with Gasteiger partial charge in [0.15, 0.2) is 0 Å². The number of carbonyl (C=O) groups is 2. The Balaban J connectivity index is 1.89. The third-order valence-corrected chi connectivity index (χ3v) is 3.62. The summed E-state index contributed by atoms with van der Waals surface area (Å²) in [5.41, 5.74) is 3.85. The highest BCUT2D eigenvalue weighted by molar-refractivity contribution is 6.39. The predicted octanol–water partition coefficient (Wildman–Crippen LogP) is 3.16. The molecular formula is C19H22N2O2. The molecule has 23 heavy (non-hydrogen) atoms. The van der Waals surface area contributed by atoms with Crippen LogP contribution in [-0.2, 0) is 9.59 Å². The van der Waals surface area contributed by atoms with Gasteiger partial charge >= 0.3 is 11.8 Å². The molecule has 2 amide bonds. The highest BCUT2D eigenvalue weighted by atomic mass is 16.2. The number of nitrogens with one attached hydrogen (secondary N) is 2. The van der Waals surface area contributed by atoms with Crippen molar-refractivity contribution in [1.82, 2.24) is 5.32 Å². The summed E-state index contributed by atoms with van der Waals surface area (Å²) in [5.74, 6) is -1.11. The molecule has 0 bridgehead atoms. The van der Waals surface area contributed by atoms with Crippen molar-refractivity contribution in [2.45, 2.75) is 26.7 Å². The van der Waals surface area contributed by atoms with Gasteiger partial charge in [-0.15, -0.1) is 0 Å². The van der Waals surface area contributed by atoms with Crippen LogP contribution < -0.4 is 10.6 Å². The number of anilines is 1. The molecule has 0 spiro atoms. The van der Waals surface area contributed by atoms with Crippen LogP contribution in [0.5, 0.6) is 0 Å². The number of rotatable bonds is 4. The first kappa shape index (κ1) is 16.7. The summed E-state index contributed by atoms with van der Waals surface area (Å²) in [6.07, 6.45) is 0. The van der Waals surface area contributed by atoms with E-state index in [-0.39, 0.29) is 5.92 Å². The van der Waals surface area contributed by atoms with Gasteiger partial charge in [0.2, 0.25) is 0 Å². The van der Waals surface area contributed by atoms with Crippen molar-refractivity contribution in [2.75, 3.05) is 11.9 Å². The zero-order valence-electron chi connectivity index (χ0n) is 13.7. The first-order chi connectivity index (χ1) is 11.0. The molecule has 4 nitrogen and oxygen atoms in total. The van der Waals surface area contributed by atoms with Crippen LogP contribution in [0.25, 0.3) is 0 Å². The second-order valence-electron chi connectivity index (χ2n) is 5.85. The highest BCUT2D eigenvalue weighted by Crippen LogP contribution is 2.14. The summed E-state index contributed by atoms with van der Waals surface area (Å²) in [6.45, 7) is 6.33. The molecule has 0 aliphatic heterocycles. The van der Waals surface area contributed by atoms with Crippen LogP contribution in [0.2, 0.25) is 0 Å². The molecule has 0 aliphatic rings. The molecule has 120 valence electrons. The van der Waals surface area contributed by atoms with Crippen LogP contribution in [0.15, 0.2) is 48.5 Å². The largest absolute Gasteiger partial charge is 0.347 e. The number of carbonyl (C=O) groups excluding carboxylic acids is 2. The fourth-order valence-electron chi connectivity index (χ4n) is 2.46. The first-order valence-electron chi connectivity index (χ1n) is 7.68. The summed E-state index contributed by atoms with van der Waals surface area (Å²) in [4.78, 5) is 23.9. The lowest BCUT2D eigenvalue weighted by Crippen LogP contribution is -2.37. The molecule has 0 saturated carbocycles. The predicted molar refractivity (Wildman–Crippen MR) is 92.4 cm³/mol. The molecule has 0 saturated heterocycles. The summed E-state index contributed by atoms with van der Waals surface area (Å²) >= 11 is 0. The molecule has 2 aromatic rings. The van der Waals surface area contributed by atoms with E-state index in [0.29, 0.717) is 12.2 Å². The van der Waals surface area contributed by atoms with E-state index in [1.54, 1.807) is 0 Å². The number of amides is 2. The molecule has 2 N–H and O–H groups in total. The summed E-state index contributed by atoms with van der Waals surface area (Å²) in [5, 5.41) is 5.32. The Morgan fingerprint density at radius 2 is 1.57 bits per heavy atom. The van der Waals surface area contributed by atoms with Crippen molar-refractivity contribution in [2.24, 2.45) is 0 Å². The van der Waals surface area contributed by atoms with E-state index >= 15 is 0 Å². The van der Waals surface area contributed by atoms with Crippen LogP contribution in [0.1, 0.15) is 29.5 Å². The van der Waals surface area contributed by atoms with Crippen LogP contribution in [0, 0.1) is 13.8 Å². The normalized spacial score (nSPS) is 11.6. The summed E-state index contributed by atoms with van der Waals surface area (Å²) < 4.78 is 0. The van der Waals surface area contributed by atoms with Crippen molar-refractivity contribution in [1.29, 1.82) is 0 Å². The molecule has 0 fully saturated rings. The quantitative estimate of drug-likeness (QED) is 0.852. The zero-order valence-corrected chi connectivity index (χ0v) is 13.7. The van der Waals surface area contributed by atoms with Gasteiger partial charge in [-0.3, -0.25) is 9.59 Å². The van der Waals surface area contributed by atoms with Crippen molar-refractivity contribution >= 4 is 17.5 Å². The summed E-state index contributed by atoms with van der Waals surface area (Å²) in [7, 11) is 0. The van der Waals surface area contributed by atoms with Gasteiger partial charge < -0.3 is 10.6 Å². The van der Waals surface area contributed by atoms with Gasteiger partial charge in [-0.1, -0.05) is 43.3 Å². The van der Waals surface area contributed by atoms with E-state index in [1.165, 1.54) is 0 Å². The van der Waals surface area contributed by atoms with E-state index in [1.807, 2.05) is 69.3 Å². The minimum absolute atomic E-state index is 0.147. The average molecular weight is 310 g/mol. The smallest absolute Gasteiger partial charge is 0.313 e. The summed E-state index contributed by atoms with van der Waals surface area (Å²) in [6, 6.07) is 15.6. The molecular weight excluding hydrogens is 288 g/mol. The number of benzene rings is 2. The fraction of sp³-hybridized carbons (Fsp3) is 0.263. The Morgan fingerprint density at radius 1 is 0.957 bits per heavy atom. The van der Waals surface area contributed by atoms with Crippen LogP contribution >= 0.6 is 0 Å². The van der Waals surface area contributed by atoms with Gasteiger partial charge in [0, 0.05) is 12.2 Å². The van der Waals surface area contributed by atoms with Gasteiger partial charge in [-0.2, -0.15) is 0 Å². The van der Waals surface area contributed by atoms with Gasteiger partial charge in [0.1, 0.15) is 0 Å². The Kier molecular flexibility index (Phi) is 5.52. The third-order valence-electron chi connectivity index (χ3n) is 3.62. The minimum Gasteiger partial charge on any atom is -0.347 e. The molecule has 0 radical (unpaired) electrons. The number of hydrogen-bond donors (Lipinski definition) is 2. The Bertz CT molecular complexity index is 676. The highest BCUT2D eigenvalue weighted by Gasteiger charge is 2.15. The zero-order chi connectivity index (χ0) is 16.8. The minimum atomic E-state index is -0.643. The second kappa shape index (κ2) is 7.58. The third kappa shape index (κ3) is 4.95. The van der Waals surface area contributed by atoms with Crippen LogP contribution in [0.4, 0.5) is 5.69 Å². The van der Waals surface area contributed by atoms with Gasteiger partial charge in [-0.25, -0.2) is 0 Å². The van der Waals surface area contributed by atoms with Gasteiger partial charge in [0.05, 0.1) is 0 Å². The standard InChI is InChI=1S/C19H22N2O2/c1-13-9-14(2)11-17(10-13)21-19(23)18(22)20-12-15(3)16-7-5-4-6-8-16/h4-11,15H,12H2,1-3H3,(H,20,22)(H,21,23)/t15-/m1/s1. The molecule has 1 atom stereocenters. The molecule has 0 aromatic heterocycles. The van der Waals surface area contributed by atoms with Crippen LogP contribution in [-0.4, -0.2) is 18.4 Å². The molecule has 0 heterocycles. The van der Waals surface area contributed by atoms with E-state index < -0.39 is 11.8 Å². The molecule has 4 heteroatoms. The van der Waals surface area contributed by atoms with E-state index in [4.69, 9.17) is 0 Å². The number of aryl methyl sites for hydroxylation is 2. The van der Waals surface area contributed by atoms with E-state index in [2.05, 4.69) is 10.6 Å². The van der Waals surface area contributed by atoms with Crippen molar-refractivity contribution in [3.63, 3.8) is 0 Å². The molecule has 2 aromatic carbocycles. The molecule has 0 aliphatic carbocycles. The second-order valence-corrected chi connectivity index (χ2v) is 5.85. The lowest BCUT2D eigenvalue weighted by molar-refractivity contribution is -0.136. The van der Waals surface area contributed by atoms with Gasteiger partial charge in [-0.05, 0) is 48.6 Å². The maximum atomic E-state index is 12.0. The maximum Gasteiger partial charge on any atom is 0.313 e. The van der Waals surface area contributed by atoms with E-state index in [9.17, 15) is 9.59 Å². The van der Waals surface area contributed by atoms with Crippen molar-refractivity contribution < 1.29 is 9.59 Å². The Hall–Kier alpha value is -2.62. The molecule has 0 unspecified atom stereocenters.